The third kappa shape index (κ3) is 5.85. The first-order valence-corrected chi connectivity index (χ1v) is 9.03. The molecule has 2 rings (SSSR count). The number of carbonyl (C=O) groups excluding carboxylic acids is 1. The Balaban J connectivity index is 2.10. The van der Waals surface area contributed by atoms with E-state index in [1.54, 1.807) is 11.0 Å². The summed E-state index contributed by atoms with van der Waals surface area (Å²) in [4.78, 5) is 16.4. The zero-order chi connectivity index (χ0) is 18.9. The molecule has 0 fully saturated rings. The van der Waals surface area contributed by atoms with E-state index in [0.717, 1.165) is 11.3 Å². The van der Waals surface area contributed by atoms with Gasteiger partial charge in [0, 0.05) is 25.3 Å². The Morgan fingerprint density at radius 3 is 2.46 bits per heavy atom. The van der Waals surface area contributed by atoms with Crippen molar-refractivity contribution in [1.82, 2.24) is 4.90 Å². The molecule has 0 aromatic heterocycles. The highest BCUT2D eigenvalue weighted by molar-refractivity contribution is 5.81. The highest BCUT2D eigenvalue weighted by Crippen LogP contribution is 2.15. The van der Waals surface area contributed by atoms with Gasteiger partial charge >= 0.3 is 0 Å². The number of aliphatic hydroxyl groups is 1. The van der Waals surface area contributed by atoms with Gasteiger partial charge in [-0.2, -0.15) is 0 Å². The van der Waals surface area contributed by atoms with E-state index < -0.39 is 6.10 Å². The van der Waals surface area contributed by atoms with Gasteiger partial charge in [0.05, 0.1) is 12.6 Å². The van der Waals surface area contributed by atoms with E-state index in [-0.39, 0.29) is 18.3 Å². The molecule has 140 valence electrons. The number of hydrogen-bond acceptors (Lipinski definition) is 3. The Morgan fingerprint density at radius 2 is 1.85 bits per heavy atom. The lowest BCUT2D eigenvalue weighted by atomic mass is 10.2. The summed E-state index contributed by atoms with van der Waals surface area (Å²) in [6.07, 6.45) is 0.125. The molecular formula is C21H27FN2O2. The van der Waals surface area contributed by atoms with Crippen LogP contribution in [0.2, 0.25) is 0 Å². The molecule has 1 amide bonds. The van der Waals surface area contributed by atoms with Gasteiger partial charge in [-0.3, -0.25) is 4.79 Å². The smallest absolute Gasteiger partial charge is 0.242 e. The van der Waals surface area contributed by atoms with Crippen molar-refractivity contribution in [1.29, 1.82) is 0 Å². The highest BCUT2D eigenvalue weighted by Gasteiger charge is 2.19. The number of carbonyl (C=O) groups is 1. The molecule has 1 atom stereocenters. The molecule has 1 unspecified atom stereocenters. The number of likely N-dealkylation sites (N-methyl/N-ethyl adjacent to an activating group) is 1. The molecule has 0 saturated heterocycles. The summed E-state index contributed by atoms with van der Waals surface area (Å²) in [6, 6.07) is 15.9. The molecule has 2 aromatic carbocycles. The summed E-state index contributed by atoms with van der Waals surface area (Å²) in [6.45, 7) is 5.29. The van der Waals surface area contributed by atoms with Crippen molar-refractivity contribution in [2.24, 2.45) is 0 Å². The van der Waals surface area contributed by atoms with Crippen LogP contribution >= 0.6 is 0 Å². The van der Waals surface area contributed by atoms with Crippen LogP contribution < -0.4 is 4.90 Å². The van der Waals surface area contributed by atoms with Crippen molar-refractivity contribution < 1.29 is 14.3 Å². The normalized spacial score (nSPS) is 11.8. The van der Waals surface area contributed by atoms with Crippen LogP contribution in [0.3, 0.4) is 0 Å². The van der Waals surface area contributed by atoms with Crippen molar-refractivity contribution in [2.75, 3.05) is 24.5 Å². The van der Waals surface area contributed by atoms with E-state index in [1.807, 2.05) is 55.1 Å². The van der Waals surface area contributed by atoms with Crippen LogP contribution in [-0.4, -0.2) is 41.7 Å². The maximum Gasteiger partial charge on any atom is 0.242 e. The number of aliphatic hydroxyl groups excluding tert-OH is 1. The number of amides is 1. The van der Waals surface area contributed by atoms with Gasteiger partial charge in [-0.15, -0.1) is 0 Å². The molecule has 0 heterocycles. The molecule has 0 aliphatic carbocycles. The van der Waals surface area contributed by atoms with E-state index in [0.29, 0.717) is 26.1 Å². The third-order valence-electron chi connectivity index (χ3n) is 4.35. The third-order valence-corrected chi connectivity index (χ3v) is 4.35. The van der Waals surface area contributed by atoms with Crippen molar-refractivity contribution >= 4 is 11.6 Å². The summed E-state index contributed by atoms with van der Waals surface area (Å²) >= 11 is 0. The van der Waals surface area contributed by atoms with Crippen LogP contribution in [0, 0.1) is 5.82 Å². The van der Waals surface area contributed by atoms with Crippen molar-refractivity contribution in [3.05, 3.63) is 66.0 Å². The number of anilines is 1. The number of para-hydroxylation sites is 1. The highest BCUT2D eigenvalue weighted by atomic mass is 19.1. The number of nitrogens with zero attached hydrogens (tertiary/aromatic N) is 2. The summed E-state index contributed by atoms with van der Waals surface area (Å²) in [7, 11) is 0. The first-order valence-electron chi connectivity index (χ1n) is 9.03. The first-order chi connectivity index (χ1) is 12.5. The van der Waals surface area contributed by atoms with Crippen molar-refractivity contribution in [2.45, 2.75) is 32.9 Å². The number of halogens is 1. The lowest BCUT2D eigenvalue weighted by molar-refractivity contribution is -0.130. The molecule has 4 nitrogen and oxygen atoms in total. The SMILES string of the molecule is CCC(O)CN(CC(=O)N(CC)Cc1cccc(F)c1)c1ccccc1. The quantitative estimate of drug-likeness (QED) is 0.747. The van der Waals surface area contributed by atoms with Crippen LogP contribution in [-0.2, 0) is 11.3 Å². The molecule has 0 spiro atoms. The second kappa shape index (κ2) is 9.92. The van der Waals surface area contributed by atoms with Gasteiger partial charge in [-0.25, -0.2) is 4.39 Å². The molecule has 2 aromatic rings. The van der Waals surface area contributed by atoms with Gasteiger partial charge in [0.15, 0.2) is 0 Å². The topological polar surface area (TPSA) is 43.8 Å². The summed E-state index contributed by atoms with van der Waals surface area (Å²) < 4.78 is 13.4. The molecule has 0 bridgehead atoms. The number of benzene rings is 2. The number of hydrogen-bond donors (Lipinski definition) is 1. The minimum absolute atomic E-state index is 0.0519. The first kappa shape index (κ1) is 19.9. The van der Waals surface area contributed by atoms with Gasteiger partial charge in [0.25, 0.3) is 0 Å². The minimum Gasteiger partial charge on any atom is -0.391 e. The summed E-state index contributed by atoms with van der Waals surface area (Å²) in [5.41, 5.74) is 1.66. The maximum atomic E-state index is 13.4. The van der Waals surface area contributed by atoms with Crippen LogP contribution in [0.4, 0.5) is 10.1 Å². The zero-order valence-corrected chi connectivity index (χ0v) is 15.4. The lowest BCUT2D eigenvalue weighted by Gasteiger charge is -2.29. The van der Waals surface area contributed by atoms with Crippen molar-refractivity contribution in [3.63, 3.8) is 0 Å². The van der Waals surface area contributed by atoms with Crippen LogP contribution in [0.5, 0.6) is 0 Å². The van der Waals surface area contributed by atoms with Crippen LogP contribution in [0.25, 0.3) is 0 Å². The molecular weight excluding hydrogens is 331 g/mol. The van der Waals surface area contributed by atoms with E-state index >= 15 is 0 Å². The predicted molar refractivity (Wildman–Crippen MR) is 102 cm³/mol. The Morgan fingerprint density at radius 1 is 1.12 bits per heavy atom. The van der Waals surface area contributed by atoms with Gasteiger partial charge in [-0.05, 0) is 43.2 Å². The predicted octanol–water partition coefficient (Wildman–Crippen LogP) is 3.45. The zero-order valence-electron chi connectivity index (χ0n) is 15.4. The summed E-state index contributed by atoms with van der Waals surface area (Å²) in [5.74, 6) is -0.355. The van der Waals surface area contributed by atoms with Crippen molar-refractivity contribution in [3.8, 4) is 0 Å². The van der Waals surface area contributed by atoms with Gasteiger partial charge in [0.1, 0.15) is 5.82 Å². The average Bonchev–Trinajstić information content (AvgIpc) is 2.66. The fraction of sp³-hybridized carbons (Fsp3) is 0.381. The molecule has 0 aliphatic rings. The standard InChI is InChI=1S/C21H27FN2O2/c1-3-20(25)15-24(19-11-6-5-7-12-19)16-21(26)23(4-2)14-17-9-8-10-18(22)13-17/h5-13,20,25H,3-4,14-16H2,1-2H3. The fourth-order valence-electron chi connectivity index (χ4n) is 2.78. The van der Waals surface area contributed by atoms with E-state index in [9.17, 15) is 14.3 Å². The molecule has 0 aliphatic heterocycles. The Labute approximate surface area is 154 Å². The molecule has 1 N–H and O–H groups in total. The van der Waals surface area contributed by atoms with Crippen LogP contribution in [0.1, 0.15) is 25.8 Å². The molecule has 0 radical (unpaired) electrons. The monoisotopic (exact) mass is 358 g/mol. The molecule has 5 heteroatoms. The van der Waals surface area contributed by atoms with E-state index in [4.69, 9.17) is 0 Å². The maximum absolute atomic E-state index is 13.4. The largest absolute Gasteiger partial charge is 0.391 e. The van der Waals surface area contributed by atoms with Gasteiger partial charge in [-0.1, -0.05) is 37.3 Å². The summed E-state index contributed by atoms with van der Waals surface area (Å²) in [5, 5.41) is 10.1. The molecule has 0 saturated carbocycles. The average molecular weight is 358 g/mol. The Bertz CT molecular complexity index is 693. The second-order valence-corrected chi connectivity index (χ2v) is 6.32. The van der Waals surface area contributed by atoms with Crippen LogP contribution in [0.15, 0.2) is 54.6 Å². The minimum atomic E-state index is -0.499. The fourth-order valence-corrected chi connectivity index (χ4v) is 2.78. The lowest BCUT2D eigenvalue weighted by Crippen LogP contribution is -2.42. The van der Waals surface area contributed by atoms with Gasteiger partial charge < -0.3 is 14.9 Å². The van der Waals surface area contributed by atoms with E-state index in [1.165, 1.54) is 12.1 Å². The second-order valence-electron chi connectivity index (χ2n) is 6.32. The van der Waals surface area contributed by atoms with E-state index in [2.05, 4.69) is 0 Å². The van der Waals surface area contributed by atoms with Gasteiger partial charge in [0.2, 0.25) is 5.91 Å². The Hall–Kier alpha value is -2.40. The molecule has 26 heavy (non-hydrogen) atoms. The Kier molecular flexibility index (Phi) is 7.60. The number of rotatable bonds is 9.